The molecule has 2 nitrogen and oxygen atoms in total. The molecule has 22 aromatic rings. The Labute approximate surface area is 673 Å². The number of pyridine rings is 2. The van der Waals surface area contributed by atoms with E-state index in [-0.39, 0.29) is 0 Å². The molecule has 0 amide bonds. The molecule has 538 valence electrons. The van der Waals surface area contributed by atoms with Gasteiger partial charge in [-0.05, 0) is 283 Å². The van der Waals surface area contributed by atoms with Crippen molar-refractivity contribution in [1.82, 2.24) is 9.97 Å². The first-order valence-corrected chi connectivity index (χ1v) is 39.9. The predicted octanol–water partition coefficient (Wildman–Crippen LogP) is 31.4. The minimum Gasteiger partial charge on any atom is -0.263 e. The van der Waals surface area contributed by atoms with E-state index in [2.05, 4.69) is 437 Å². The number of rotatable bonds is 13. The largest absolute Gasteiger partial charge is 0.263 e. The molecule has 0 bridgehead atoms. The van der Waals surface area contributed by atoms with E-state index < -0.39 is 0 Å². The maximum atomic E-state index is 5.72. The molecule has 0 atom stereocenters. The fourth-order valence-electron chi connectivity index (χ4n) is 18.1. The standard InChI is InChI=1S/C114H72N2/c1-5-23-73(24-6-1)92-61-93(74-25-7-2-8-26-74)64-96(63-92)112-101-39-21-22-40-102(101)113(97-65-94(75-27-9-3-10-28-75)62-95(66-97)76-29-11-4-12-30-76)107-69-86(50-53-105(107)112)99-67-98(71-115-72-99)85-49-52-103-106(68-85)111(90-47-43-79-33-15-19-37-83(79)59-90)108-70-87(51-54-104(108)110(103)89-46-42-78-32-14-18-36-82(78)58-89)100-55-56-109(88-45-41-77-31-13-17-35-81(77)57-88)116-114(100)91-48-44-80-34-16-20-38-84(80)60-91/h1-72H. The molecule has 0 radical (unpaired) electrons. The lowest BCUT2D eigenvalue weighted by molar-refractivity contribution is 1.33. The molecular weight excluding hydrogens is 1400 g/mol. The van der Waals surface area contributed by atoms with E-state index in [9.17, 15) is 0 Å². The summed E-state index contributed by atoms with van der Waals surface area (Å²) >= 11 is 0. The molecule has 0 aliphatic carbocycles. The monoisotopic (exact) mass is 1470 g/mol. The van der Waals surface area contributed by atoms with Crippen LogP contribution >= 0.6 is 0 Å². The Kier molecular flexibility index (Phi) is 16.6. The highest BCUT2D eigenvalue weighted by Crippen LogP contribution is 2.51. The molecule has 116 heavy (non-hydrogen) atoms. The van der Waals surface area contributed by atoms with Gasteiger partial charge in [-0.3, -0.25) is 4.98 Å². The van der Waals surface area contributed by atoms with E-state index in [0.29, 0.717) is 0 Å². The Morgan fingerprint density at radius 3 is 0.845 bits per heavy atom. The van der Waals surface area contributed by atoms with Gasteiger partial charge in [0.1, 0.15) is 0 Å². The van der Waals surface area contributed by atoms with Crippen LogP contribution in [0.25, 0.3) is 231 Å². The number of hydrogen-bond donors (Lipinski definition) is 0. The zero-order valence-electron chi connectivity index (χ0n) is 63.5. The van der Waals surface area contributed by atoms with Crippen molar-refractivity contribution >= 4 is 86.2 Å². The number of benzene rings is 20. The van der Waals surface area contributed by atoms with Crippen molar-refractivity contribution < 1.29 is 0 Å². The lowest BCUT2D eigenvalue weighted by Crippen LogP contribution is -1.95. The lowest BCUT2D eigenvalue weighted by atomic mass is 9.82. The minimum absolute atomic E-state index is 0.922. The number of hydrogen-bond acceptors (Lipinski definition) is 2. The molecule has 0 unspecified atom stereocenters. The zero-order chi connectivity index (χ0) is 76.6. The third-order valence-corrected chi connectivity index (χ3v) is 23.8. The topological polar surface area (TPSA) is 25.8 Å². The molecule has 22 rings (SSSR count). The van der Waals surface area contributed by atoms with E-state index >= 15 is 0 Å². The summed E-state index contributed by atoms with van der Waals surface area (Å²) in [6, 6.07) is 157. The van der Waals surface area contributed by atoms with Crippen molar-refractivity contribution in [2.45, 2.75) is 0 Å². The number of aromatic nitrogens is 2. The SMILES string of the molecule is c1ccc(-c2cc(-c3ccccc3)cc(-c3c4ccccc4c(-c4cc(-c5ccccc5)cc(-c5ccccc5)c4)c4cc(-c5cncc(-c6ccc7c(-c8ccc9ccccc9c8)c8ccc(-c9ccc(-c%10ccc%11ccccc%11c%10)nc9-c9ccc%10ccccc%10c9)cc8c(-c8ccc9ccccc9c8)c7c6)c5)ccc34)c2)cc1. The Morgan fingerprint density at radius 1 is 0.138 bits per heavy atom. The fraction of sp³-hybridized carbons (Fsp3) is 0. The van der Waals surface area contributed by atoms with Gasteiger partial charge in [0.25, 0.3) is 0 Å². The van der Waals surface area contributed by atoms with E-state index in [4.69, 9.17) is 9.97 Å². The normalized spacial score (nSPS) is 11.6. The lowest BCUT2D eigenvalue weighted by Gasteiger charge is -2.21. The Hall–Kier alpha value is -15.2. The molecule has 0 saturated heterocycles. The van der Waals surface area contributed by atoms with Crippen LogP contribution in [0.5, 0.6) is 0 Å². The second-order valence-electron chi connectivity index (χ2n) is 30.7. The van der Waals surface area contributed by atoms with Gasteiger partial charge in [0.15, 0.2) is 0 Å². The molecule has 2 heteroatoms. The maximum Gasteiger partial charge on any atom is 0.0788 e. The van der Waals surface area contributed by atoms with Crippen LogP contribution in [0.1, 0.15) is 0 Å². The van der Waals surface area contributed by atoms with Gasteiger partial charge in [-0.15, -0.1) is 0 Å². The van der Waals surface area contributed by atoms with Gasteiger partial charge in [0.05, 0.1) is 11.4 Å². The summed E-state index contributed by atoms with van der Waals surface area (Å²) in [5.41, 5.74) is 28.9. The molecule has 0 aliphatic heterocycles. The highest BCUT2D eigenvalue weighted by Gasteiger charge is 2.25. The van der Waals surface area contributed by atoms with Crippen LogP contribution in [-0.2, 0) is 0 Å². The van der Waals surface area contributed by atoms with Crippen molar-refractivity contribution in [3.05, 3.63) is 437 Å². The highest BCUT2D eigenvalue weighted by atomic mass is 14.7. The second-order valence-corrected chi connectivity index (χ2v) is 30.7. The average molecular weight is 1470 g/mol. The number of fused-ring (bicyclic) bond motifs is 8. The summed E-state index contributed by atoms with van der Waals surface area (Å²) < 4.78 is 0. The van der Waals surface area contributed by atoms with E-state index in [1.54, 1.807) is 0 Å². The zero-order valence-corrected chi connectivity index (χ0v) is 63.5. The molecule has 0 aliphatic rings. The molecule has 0 spiro atoms. The van der Waals surface area contributed by atoms with Crippen molar-refractivity contribution in [2.75, 3.05) is 0 Å². The van der Waals surface area contributed by atoms with Crippen molar-refractivity contribution in [2.24, 2.45) is 0 Å². The van der Waals surface area contributed by atoms with Crippen LogP contribution < -0.4 is 0 Å². The maximum absolute atomic E-state index is 5.72. The van der Waals surface area contributed by atoms with E-state index in [1.807, 2.05) is 0 Å². The van der Waals surface area contributed by atoms with Gasteiger partial charge >= 0.3 is 0 Å². The molecule has 20 aromatic carbocycles. The van der Waals surface area contributed by atoms with Crippen LogP contribution in [0.4, 0.5) is 0 Å². The second kappa shape index (κ2) is 28.5. The van der Waals surface area contributed by atoms with Crippen LogP contribution in [0.2, 0.25) is 0 Å². The first-order chi connectivity index (χ1) is 57.4. The molecule has 2 heterocycles. The molecule has 2 aromatic heterocycles. The summed E-state index contributed by atoms with van der Waals surface area (Å²) in [7, 11) is 0. The highest BCUT2D eigenvalue weighted by molar-refractivity contribution is 6.25. The molecule has 0 N–H and O–H groups in total. The first-order valence-electron chi connectivity index (χ1n) is 39.9. The first kappa shape index (κ1) is 67.7. The van der Waals surface area contributed by atoms with Gasteiger partial charge in [-0.25, -0.2) is 4.98 Å². The summed E-state index contributed by atoms with van der Waals surface area (Å²) in [5, 5.41) is 18.8. The smallest absolute Gasteiger partial charge is 0.0788 e. The van der Waals surface area contributed by atoms with Gasteiger partial charge in [0, 0.05) is 40.2 Å². The third kappa shape index (κ3) is 12.2. The Balaban J connectivity index is 0.772. The summed E-state index contributed by atoms with van der Waals surface area (Å²) in [6.07, 6.45) is 4.10. The summed E-state index contributed by atoms with van der Waals surface area (Å²) in [5.74, 6) is 0. The molecule has 0 fully saturated rings. The fourth-order valence-corrected chi connectivity index (χ4v) is 18.1. The van der Waals surface area contributed by atoms with Gasteiger partial charge in [-0.2, -0.15) is 0 Å². The van der Waals surface area contributed by atoms with Crippen molar-refractivity contribution in [1.29, 1.82) is 0 Å². The predicted molar refractivity (Wildman–Crippen MR) is 493 cm³/mol. The number of nitrogens with zero attached hydrogens (tertiary/aromatic N) is 2. The van der Waals surface area contributed by atoms with Crippen molar-refractivity contribution in [3.8, 4) is 145 Å². The van der Waals surface area contributed by atoms with Crippen LogP contribution in [-0.4, -0.2) is 9.97 Å². The Morgan fingerprint density at radius 2 is 0.422 bits per heavy atom. The van der Waals surface area contributed by atoms with Crippen LogP contribution in [0.3, 0.4) is 0 Å². The van der Waals surface area contributed by atoms with E-state index in [1.165, 1.54) is 87.1 Å². The van der Waals surface area contributed by atoms with Crippen molar-refractivity contribution in [3.63, 3.8) is 0 Å². The summed E-state index contributed by atoms with van der Waals surface area (Å²) in [6.45, 7) is 0. The van der Waals surface area contributed by atoms with Gasteiger partial charge in [-0.1, -0.05) is 334 Å². The van der Waals surface area contributed by atoms with Crippen LogP contribution in [0, 0.1) is 0 Å². The van der Waals surface area contributed by atoms with Gasteiger partial charge < -0.3 is 0 Å². The minimum atomic E-state index is 0.922. The van der Waals surface area contributed by atoms with E-state index in [0.717, 1.165) is 144 Å². The average Bonchev–Trinajstić information content (AvgIpc) is 0.725. The Bertz CT molecular complexity index is 7560. The van der Waals surface area contributed by atoms with Crippen LogP contribution in [0.15, 0.2) is 437 Å². The summed E-state index contributed by atoms with van der Waals surface area (Å²) in [4.78, 5) is 11.0. The third-order valence-electron chi connectivity index (χ3n) is 23.8. The molecule has 0 saturated carbocycles. The van der Waals surface area contributed by atoms with Gasteiger partial charge in [0.2, 0.25) is 0 Å². The quantitative estimate of drug-likeness (QED) is 0.108. The molecular formula is C114H72N2.